The second-order valence-electron chi connectivity index (χ2n) is 5.32. The lowest BCUT2D eigenvalue weighted by molar-refractivity contribution is -0.152. The highest BCUT2D eigenvalue weighted by molar-refractivity contribution is 5.81. The summed E-state index contributed by atoms with van der Waals surface area (Å²) in [6, 6.07) is 6.13. The van der Waals surface area contributed by atoms with Gasteiger partial charge in [0.1, 0.15) is 5.82 Å². The Balaban J connectivity index is 1.62. The summed E-state index contributed by atoms with van der Waals surface area (Å²) in [7, 11) is 0. The maximum Gasteiger partial charge on any atom is 0.309 e. The normalized spacial score (nSPS) is 17.0. The van der Waals surface area contributed by atoms with Crippen LogP contribution in [-0.4, -0.2) is 25.0 Å². The van der Waals surface area contributed by atoms with E-state index in [1.807, 2.05) is 12.2 Å². The third-order valence-corrected chi connectivity index (χ3v) is 3.60. The molecule has 0 bridgehead atoms. The van der Waals surface area contributed by atoms with Gasteiger partial charge in [-0.2, -0.15) is 0 Å². The van der Waals surface area contributed by atoms with Crippen molar-refractivity contribution in [2.45, 2.75) is 25.7 Å². The standard InChI is InChI=1S/C17H20FNO3/c18-15-8-6-13(7-9-15)10-11-19-16(20)12-22-17(21)14-4-2-1-3-5-14/h1-2,6-9,14H,3-5,10-12H2,(H,19,20)/t14-/m0/s1. The predicted octanol–water partition coefficient (Wildman–Crippen LogP) is 2.38. The predicted molar refractivity (Wildman–Crippen MR) is 80.6 cm³/mol. The Morgan fingerprint density at radius 2 is 2.00 bits per heavy atom. The molecule has 0 fully saturated rings. The van der Waals surface area contributed by atoms with Crippen LogP contribution in [0.2, 0.25) is 0 Å². The number of nitrogens with one attached hydrogen (secondary N) is 1. The Kier molecular flexibility index (Phi) is 6.13. The van der Waals surface area contributed by atoms with Gasteiger partial charge in [-0.05, 0) is 43.4 Å². The number of carbonyl (C=O) groups is 2. The Morgan fingerprint density at radius 3 is 2.68 bits per heavy atom. The number of allylic oxidation sites excluding steroid dienone is 2. The van der Waals surface area contributed by atoms with Crippen LogP contribution in [0, 0.1) is 11.7 Å². The molecule has 1 aromatic carbocycles. The molecular formula is C17H20FNO3. The first-order valence-corrected chi connectivity index (χ1v) is 7.48. The molecular weight excluding hydrogens is 285 g/mol. The van der Waals surface area contributed by atoms with Crippen LogP contribution < -0.4 is 5.32 Å². The average Bonchev–Trinajstić information content (AvgIpc) is 2.55. The molecule has 0 saturated carbocycles. The molecule has 1 N–H and O–H groups in total. The van der Waals surface area contributed by atoms with E-state index in [1.54, 1.807) is 12.1 Å². The van der Waals surface area contributed by atoms with Gasteiger partial charge in [0.25, 0.3) is 5.91 Å². The summed E-state index contributed by atoms with van der Waals surface area (Å²) in [6.45, 7) is 0.177. The zero-order valence-corrected chi connectivity index (χ0v) is 12.4. The van der Waals surface area contributed by atoms with Crippen LogP contribution in [-0.2, 0) is 20.7 Å². The number of amides is 1. The topological polar surface area (TPSA) is 55.4 Å². The Morgan fingerprint density at radius 1 is 1.23 bits per heavy atom. The number of benzene rings is 1. The average molecular weight is 305 g/mol. The maximum absolute atomic E-state index is 12.7. The van der Waals surface area contributed by atoms with Gasteiger partial charge in [-0.1, -0.05) is 24.3 Å². The van der Waals surface area contributed by atoms with E-state index < -0.39 is 0 Å². The van der Waals surface area contributed by atoms with Crippen molar-refractivity contribution < 1.29 is 18.7 Å². The summed E-state index contributed by atoms with van der Waals surface area (Å²) in [5.74, 6) is -1.03. The number of esters is 1. The van der Waals surface area contributed by atoms with Crippen molar-refractivity contribution in [1.29, 1.82) is 0 Å². The van der Waals surface area contributed by atoms with Gasteiger partial charge in [-0.15, -0.1) is 0 Å². The fraction of sp³-hybridized carbons (Fsp3) is 0.412. The largest absolute Gasteiger partial charge is 0.455 e. The van der Waals surface area contributed by atoms with Crippen LogP contribution in [0.3, 0.4) is 0 Å². The molecule has 0 saturated heterocycles. The number of ether oxygens (including phenoxy) is 1. The molecule has 22 heavy (non-hydrogen) atoms. The molecule has 0 heterocycles. The first-order chi connectivity index (χ1) is 10.6. The minimum absolute atomic E-state index is 0.128. The molecule has 2 rings (SSSR count). The number of hydrogen-bond acceptors (Lipinski definition) is 3. The molecule has 0 radical (unpaired) electrons. The summed E-state index contributed by atoms with van der Waals surface area (Å²) < 4.78 is 17.8. The summed E-state index contributed by atoms with van der Waals surface area (Å²) >= 11 is 0. The highest BCUT2D eigenvalue weighted by Gasteiger charge is 2.20. The van der Waals surface area contributed by atoms with Crippen molar-refractivity contribution in [2.24, 2.45) is 5.92 Å². The van der Waals surface area contributed by atoms with Crippen LogP contribution >= 0.6 is 0 Å². The quantitative estimate of drug-likeness (QED) is 0.648. The summed E-state index contributed by atoms with van der Waals surface area (Å²) in [5, 5.41) is 2.68. The van der Waals surface area contributed by atoms with E-state index in [4.69, 9.17) is 4.74 Å². The third kappa shape index (κ3) is 5.31. The molecule has 5 heteroatoms. The zero-order chi connectivity index (χ0) is 15.8. The van der Waals surface area contributed by atoms with Crippen molar-refractivity contribution in [2.75, 3.05) is 13.2 Å². The molecule has 118 valence electrons. The van der Waals surface area contributed by atoms with E-state index in [1.165, 1.54) is 12.1 Å². The minimum atomic E-state index is -0.318. The van der Waals surface area contributed by atoms with Crippen LogP contribution in [0.25, 0.3) is 0 Å². The maximum atomic E-state index is 12.7. The molecule has 0 unspecified atom stereocenters. The molecule has 1 amide bonds. The number of halogens is 1. The third-order valence-electron chi connectivity index (χ3n) is 3.60. The monoisotopic (exact) mass is 305 g/mol. The van der Waals surface area contributed by atoms with Crippen molar-refractivity contribution >= 4 is 11.9 Å². The van der Waals surface area contributed by atoms with Gasteiger partial charge in [0.15, 0.2) is 6.61 Å². The van der Waals surface area contributed by atoms with Crippen molar-refractivity contribution in [1.82, 2.24) is 5.32 Å². The zero-order valence-electron chi connectivity index (χ0n) is 12.4. The van der Waals surface area contributed by atoms with Crippen LogP contribution in [0.5, 0.6) is 0 Å². The number of hydrogen-bond donors (Lipinski definition) is 1. The van der Waals surface area contributed by atoms with Crippen molar-refractivity contribution in [3.05, 3.63) is 47.8 Å². The minimum Gasteiger partial charge on any atom is -0.455 e. The van der Waals surface area contributed by atoms with Gasteiger partial charge in [0.2, 0.25) is 0 Å². The number of carbonyl (C=O) groups excluding carboxylic acids is 2. The van der Waals surface area contributed by atoms with E-state index >= 15 is 0 Å². The SMILES string of the molecule is O=C(COC(=O)[C@H]1CC=CCC1)NCCc1ccc(F)cc1. The molecule has 0 spiro atoms. The highest BCUT2D eigenvalue weighted by atomic mass is 19.1. The lowest BCUT2D eigenvalue weighted by atomic mass is 9.95. The van der Waals surface area contributed by atoms with E-state index in [2.05, 4.69) is 5.32 Å². The van der Waals surface area contributed by atoms with E-state index in [-0.39, 0.29) is 30.2 Å². The van der Waals surface area contributed by atoms with Crippen LogP contribution in [0.1, 0.15) is 24.8 Å². The molecule has 4 nitrogen and oxygen atoms in total. The van der Waals surface area contributed by atoms with Gasteiger partial charge in [-0.25, -0.2) is 4.39 Å². The Hall–Kier alpha value is -2.17. The van der Waals surface area contributed by atoms with E-state index in [9.17, 15) is 14.0 Å². The van der Waals surface area contributed by atoms with Gasteiger partial charge in [0.05, 0.1) is 5.92 Å². The number of rotatable bonds is 6. The molecule has 1 aliphatic carbocycles. The van der Waals surface area contributed by atoms with Crippen LogP contribution in [0.4, 0.5) is 4.39 Å². The Bertz CT molecular complexity index is 539. The molecule has 1 atom stereocenters. The second kappa shape index (κ2) is 8.32. The van der Waals surface area contributed by atoms with Crippen molar-refractivity contribution in [3.8, 4) is 0 Å². The van der Waals surface area contributed by atoms with Gasteiger partial charge < -0.3 is 10.1 Å². The fourth-order valence-corrected chi connectivity index (χ4v) is 2.31. The lowest BCUT2D eigenvalue weighted by Crippen LogP contribution is -2.31. The first kappa shape index (κ1) is 16.2. The molecule has 1 aromatic rings. The van der Waals surface area contributed by atoms with Gasteiger partial charge >= 0.3 is 5.97 Å². The van der Waals surface area contributed by atoms with Crippen molar-refractivity contribution in [3.63, 3.8) is 0 Å². The molecule has 0 aromatic heterocycles. The van der Waals surface area contributed by atoms with E-state index in [0.29, 0.717) is 19.4 Å². The second-order valence-corrected chi connectivity index (χ2v) is 5.32. The highest BCUT2D eigenvalue weighted by Crippen LogP contribution is 2.19. The molecule has 0 aliphatic heterocycles. The summed E-state index contributed by atoms with van der Waals surface area (Å²) in [4.78, 5) is 23.4. The van der Waals surface area contributed by atoms with Gasteiger partial charge in [0, 0.05) is 6.54 Å². The summed E-state index contributed by atoms with van der Waals surface area (Å²) in [5.41, 5.74) is 0.938. The Labute approximate surface area is 129 Å². The van der Waals surface area contributed by atoms with Crippen LogP contribution in [0.15, 0.2) is 36.4 Å². The smallest absolute Gasteiger partial charge is 0.309 e. The fourth-order valence-electron chi connectivity index (χ4n) is 2.31. The van der Waals surface area contributed by atoms with Gasteiger partial charge in [-0.3, -0.25) is 9.59 Å². The van der Waals surface area contributed by atoms with E-state index in [0.717, 1.165) is 18.4 Å². The summed E-state index contributed by atoms with van der Waals surface area (Å²) in [6.07, 6.45) is 6.97. The first-order valence-electron chi connectivity index (χ1n) is 7.48. The lowest BCUT2D eigenvalue weighted by Gasteiger charge is -2.16. The molecule has 1 aliphatic rings.